The lowest BCUT2D eigenvalue weighted by Crippen LogP contribution is -1.97. The average Bonchev–Trinajstić information content (AvgIpc) is 2.81. The fraction of sp³-hybridized carbons (Fsp3) is 0.0667. The maximum Gasteiger partial charge on any atom is 0.134 e. The van der Waals surface area contributed by atoms with E-state index in [4.69, 9.17) is 4.42 Å². The summed E-state index contributed by atoms with van der Waals surface area (Å²) in [5.41, 5.74) is 2.05. The van der Waals surface area contributed by atoms with Crippen molar-refractivity contribution in [1.29, 1.82) is 0 Å². The summed E-state index contributed by atoms with van der Waals surface area (Å²) in [5.74, 6) is 0.953. The van der Waals surface area contributed by atoms with E-state index in [2.05, 4.69) is 64.3 Å². The number of hydrogen-bond acceptors (Lipinski definition) is 2. The van der Waals surface area contributed by atoms with E-state index in [9.17, 15) is 0 Å². The highest BCUT2D eigenvalue weighted by Crippen LogP contribution is 2.20. The molecule has 18 heavy (non-hydrogen) atoms. The van der Waals surface area contributed by atoms with Crippen LogP contribution in [0.2, 0.25) is 0 Å². The molecule has 0 aliphatic heterocycles. The fourth-order valence-electron chi connectivity index (χ4n) is 1.88. The van der Waals surface area contributed by atoms with Crippen LogP contribution < -0.4 is 5.32 Å². The summed E-state index contributed by atoms with van der Waals surface area (Å²) in [5, 5.41) is 4.50. The van der Waals surface area contributed by atoms with E-state index < -0.39 is 0 Å². The Hall–Kier alpha value is -1.49. The first-order valence-corrected chi connectivity index (χ1v) is 6.86. The lowest BCUT2D eigenvalue weighted by molar-refractivity contribution is 0.559. The van der Waals surface area contributed by atoms with Gasteiger partial charge in [0.25, 0.3) is 0 Å². The minimum Gasteiger partial charge on any atom is -0.459 e. The molecule has 1 aromatic heterocycles. The van der Waals surface area contributed by atoms with E-state index in [-0.39, 0.29) is 0 Å². The van der Waals surface area contributed by atoms with Crippen molar-refractivity contribution in [2.75, 3.05) is 5.32 Å². The van der Waals surface area contributed by atoms with E-state index in [1.807, 2.05) is 18.2 Å². The van der Waals surface area contributed by atoms with Gasteiger partial charge in [-0.05, 0) is 59.0 Å². The number of furan rings is 1. The van der Waals surface area contributed by atoms with Crippen molar-refractivity contribution in [1.82, 2.24) is 0 Å². The first-order valence-electron chi connectivity index (χ1n) is 5.78. The smallest absolute Gasteiger partial charge is 0.134 e. The third-order valence-electron chi connectivity index (χ3n) is 2.79. The lowest BCUT2D eigenvalue weighted by atomic mass is 10.2. The third kappa shape index (κ3) is 2.51. The predicted octanol–water partition coefficient (Wildman–Crippen LogP) is 4.65. The van der Waals surface area contributed by atoms with Crippen LogP contribution in [0.15, 0.2) is 59.0 Å². The summed E-state index contributed by atoms with van der Waals surface area (Å²) in [6.07, 6.45) is 0. The zero-order valence-corrected chi connectivity index (χ0v) is 11.8. The van der Waals surface area contributed by atoms with Crippen molar-refractivity contribution >= 4 is 39.2 Å². The summed E-state index contributed by atoms with van der Waals surface area (Å²) < 4.78 is 6.99. The van der Waals surface area contributed by atoms with Crippen molar-refractivity contribution in [3.8, 4) is 0 Å². The molecule has 0 aliphatic rings. The SMILES string of the molecule is Ic1ccc(NCc2cc3ccccc3o2)cc1. The number of anilines is 1. The van der Waals surface area contributed by atoms with Crippen LogP contribution in [0.4, 0.5) is 5.69 Å². The second kappa shape index (κ2) is 5.02. The van der Waals surface area contributed by atoms with Crippen molar-refractivity contribution < 1.29 is 4.42 Å². The van der Waals surface area contributed by atoms with Crippen LogP contribution in [-0.2, 0) is 6.54 Å². The molecule has 0 bridgehead atoms. The van der Waals surface area contributed by atoms with E-state index in [1.54, 1.807) is 0 Å². The molecule has 2 aromatic carbocycles. The van der Waals surface area contributed by atoms with Gasteiger partial charge in [-0.1, -0.05) is 18.2 Å². The summed E-state index contributed by atoms with van der Waals surface area (Å²) >= 11 is 2.30. The molecule has 3 rings (SSSR count). The normalized spacial score (nSPS) is 10.7. The van der Waals surface area contributed by atoms with Gasteiger partial charge in [-0.25, -0.2) is 0 Å². The standard InChI is InChI=1S/C15H12INO/c16-12-5-7-13(8-6-12)17-10-14-9-11-3-1-2-4-15(11)18-14/h1-9,17H,10H2. The minimum atomic E-state index is 0.704. The van der Waals surface area contributed by atoms with Gasteiger partial charge < -0.3 is 9.73 Å². The first kappa shape index (κ1) is 11.6. The predicted molar refractivity (Wildman–Crippen MR) is 82.7 cm³/mol. The molecule has 0 fully saturated rings. The molecule has 3 aromatic rings. The van der Waals surface area contributed by atoms with Crippen molar-refractivity contribution in [3.05, 3.63) is 63.9 Å². The Balaban J connectivity index is 1.74. The number of para-hydroxylation sites is 1. The molecule has 0 atom stereocenters. The van der Waals surface area contributed by atoms with E-state index >= 15 is 0 Å². The summed E-state index contributed by atoms with van der Waals surface area (Å²) in [6.45, 7) is 0.704. The molecule has 0 saturated heterocycles. The maximum absolute atomic E-state index is 5.75. The molecule has 0 radical (unpaired) electrons. The van der Waals surface area contributed by atoms with Gasteiger partial charge >= 0.3 is 0 Å². The highest BCUT2D eigenvalue weighted by atomic mass is 127. The summed E-state index contributed by atoms with van der Waals surface area (Å²) in [7, 11) is 0. The van der Waals surface area contributed by atoms with Gasteiger partial charge in [0.1, 0.15) is 11.3 Å². The molecule has 0 unspecified atom stereocenters. The van der Waals surface area contributed by atoms with Gasteiger partial charge in [-0.3, -0.25) is 0 Å². The van der Waals surface area contributed by atoms with Gasteiger partial charge in [0.15, 0.2) is 0 Å². The molecule has 0 spiro atoms. The summed E-state index contributed by atoms with van der Waals surface area (Å²) in [6, 6.07) is 18.5. The number of rotatable bonds is 3. The summed E-state index contributed by atoms with van der Waals surface area (Å²) in [4.78, 5) is 0. The van der Waals surface area contributed by atoms with Crippen LogP contribution in [0.25, 0.3) is 11.0 Å². The first-order chi connectivity index (χ1) is 8.81. The Kier molecular flexibility index (Phi) is 3.23. The largest absolute Gasteiger partial charge is 0.459 e. The topological polar surface area (TPSA) is 25.2 Å². The molecule has 0 aliphatic carbocycles. The Bertz CT molecular complexity index is 625. The van der Waals surface area contributed by atoms with Crippen molar-refractivity contribution in [2.24, 2.45) is 0 Å². The van der Waals surface area contributed by atoms with Gasteiger partial charge in [0, 0.05) is 14.6 Å². The zero-order chi connectivity index (χ0) is 12.4. The molecule has 1 N–H and O–H groups in total. The average molecular weight is 349 g/mol. The molecule has 1 heterocycles. The number of nitrogens with one attached hydrogen (secondary N) is 1. The Labute approximate surface area is 119 Å². The minimum absolute atomic E-state index is 0.704. The van der Waals surface area contributed by atoms with Crippen LogP contribution in [0, 0.1) is 3.57 Å². The molecule has 90 valence electrons. The number of halogens is 1. The van der Waals surface area contributed by atoms with E-state index in [0.717, 1.165) is 22.4 Å². The van der Waals surface area contributed by atoms with Gasteiger partial charge in [-0.15, -0.1) is 0 Å². The molecule has 0 amide bonds. The van der Waals surface area contributed by atoms with Crippen LogP contribution in [0.5, 0.6) is 0 Å². The highest BCUT2D eigenvalue weighted by molar-refractivity contribution is 14.1. The van der Waals surface area contributed by atoms with Gasteiger partial charge in [-0.2, -0.15) is 0 Å². The van der Waals surface area contributed by atoms with Gasteiger partial charge in [0.05, 0.1) is 6.54 Å². The third-order valence-corrected chi connectivity index (χ3v) is 3.51. The molecular weight excluding hydrogens is 337 g/mol. The van der Waals surface area contributed by atoms with Crippen LogP contribution in [-0.4, -0.2) is 0 Å². The van der Waals surface area contributed by atoms with E-state index in [1.165, 1.54) is 3.57 Å². The Morgan fingerprint density at radius 3 is 2.56 bits per heavy atom. The van der Waals surface area contributed by atoms with Crippen LogP contribution >= 0.6 is 22.6 Å². The maximum atomic E-state index is 5.75. The second-order valence-electron chi connectivity index (χ2n) is 4.11. The fourth-order valence-corrected chi connectivity index (χ4v) is 2.24. The molecule has 0 saturated carbocycles. The number of benzene rings is 2. The zero-order valence-electron chi connectivity index (χ0n) is 9.69. The second-order valence-corrected chi connectivity index (χ2v) is 5.36. The Morgan fingerprint density at radius 1 is 1.00 bits per heavy atom. The molecule has 2 nitrogen and oxygen atoms in total. The monoisotopic (exact) mass is 349 g/mol. The van der Waals surface area contributed by atoms with Crippen molar-refractivity contribution in [3.63, 3.8) is 0 Å². The quantitative estimate of drug-likeness (QED) is 0.697. The highest BCUT2D eigenvalue weighted by Gasteiger charge is 2.02. The number of hydrogen-bond donors (Lipinski definition) is 1. The van der Waals surface area contributed by atoms with Crippen LogP contribution in [0.3, 0.4) is 0 Å². The Morgan fingerprint density at radius 2 is 1.78 bits per heavy atom. The van der Waals surface area contributed by atoms with Crippen molar-refractivity contribution in [2.45, 2.75) is 6.54 Å². The van der Waals surface area contributed by atoms with E-state index in [0.29, 0.717) is 6.54 Å². The van der Waals surface area contributed by atoms with Gasteiger partial charge in [0.2, 0.25) is 0 Å². The van der Waals surface area contributed by atoms with Crippen LogP contribution in [0.1, 0.15) is 5.76 Å². The number of fused-ring (bicyclic) bond motifs is 1. The molecule has 3 heteroatoms. The lowest BCUT2D eigenvalue weighted by Gasteiger charge is -2.03. The molecular formula is C15H12INO.